The number of benzene rings is 3. The number of halogens is 3. The largest absolute Gasteiger partial charge is 0.573 e. The first-order valence-electron chi connectivity index (χ1n) is 14.1. The molecule has 3 aromatic carbocycles. The van der Waals surface area contributed by atoms with Gasteiger partial charge in [0, 0.05) is 12.1 Å². The Morgan fingerprint density at radius 2 is 1.85 bits per heavy atom. The summed E-state index contributed by atoms with van der Waals surface area (Å²) in [6.45, 7) is 6.00. The lowest BCUT2D eigenvalue weighted by Gasteiger charge is -2.22. The molecule has 1 N–H and O–H groups in total. The highest BCUT2D eigenvalue weighted by atomic mass is 32.2. The minimum absolute atomic E-state index is 0.00725. The number of rotatable bonds is 8. The second-order valence-electron chi connectivity index (χ2n) is 10.7. The topological polar surface area (TPSA) is 126 Å². The average molecular weight is 648 g/mol. The third-order valence-corrected chi connectivity index (χ3v) is 7.95. The Balaban J connectivity index is 1.23. The molecule has 0 radical (unpaired) electrons. The molecule has 0 saturated carbocycles. The van der Waals surface area contributed by atoms with E-state index in [1.165, 1.54) is 51.9 Å². The first-order valence-corrected chi connectivity index (χ1v) is 15.1. The van der Waals surface area contributed by atoms with Crippen LogP contribution in [0.15, 0.2) is 78.0 Å². The van der Waals surface area contributed by atoms with Crippen LogP contribution in [-0.2, 0) is 4.79 Å². The van der Waals surface area contributed by atoms with Gasteiger partial charge >= 0.3 is 12.4 Å². The fourth-order valence-electron chi connectivity index (χ4n) is 4.76. The molecule has 236 valence electrons. The smallest absolute Gasteiger partial charge is 0.406 e. The molecule has 1 fully saturated rings. The third kappa shape index (κ3) is 7.55. The third-order valence-electron chi connectivity index (χ3n) is 7.02. The van der Waals surface area contributed by atoms with Crippen molar-refractivity contribution in [3.8, 4) is 28.9 Å². The molecule has 4 aromatic rings. The van der Waals surface area contributed by atoms with Crippen molar-refractivity contribution in [2.24, 2.45) is 4.99 Å². The van der Waals surface area contributed by atoms with Gasteiger partial charge in [0.2, 0.25) is 5.91 Å². The minimum atomic E-state index is -4.78. The maximum Gasteiger partial charge on any atom is 0.573 e. The zero-order chi connectivity index (χ0) is 33.0. The fourth-order valence-corrected chi connectivity index (χ4v) is 5.61. The van der Waals surface area contributed by atoms with Crippen LogP contribution in [0.4, 0.5) is 23.7 Å². The van der Waals surface area contributed by atoms with E-state index in [0.717, 1.165) is 11.1 Å². The SMILES string of the molecule is Cc1ccc(C(C)C)c(N2C(=O)CSC2=NC(=O)NCC(C#N)c2ccc(-c3ncn(-c4ccc(OC(F)(F)F)cc4)n3)cc2)c1. The summed E-state index contributed by atoms with van der Waals surface area (Å²) in [4.78, 5) is 35.6. The Bertz CT molecular complexity index is 1810. The van der Waals surface area contributed by atoms with Gasteiger partial charge in [-0.2, -0.15) is 10.3 Å². The number of hydrogen-bond donors (Lipinski definition) is 1. The van der Waals surface area contributed by atoms with Gasteiger partial charge in [0.1, 0.15) is 12.1 Å². The summed E-state index contributed by atoms with van der Waals surface area (Å²) in [6, 6.07) is 19.5. The van der Waals surface area contributed by atoms with Crippen molar-refractivity contribution in [3.63, 3.8) is 0 Å². The lowest BCUT2D eigenvalue weighted by atomic mass is 9.99. The molecular formula is C32H28F3N7O3S. The number of nitrogens with one attached hydrogen (secondary N) is 1. The molecule has 1 atom stereocenters. The highest BCUT2D eigenvalue weighted by molar-refractivity contribution is 8.15. The first kappa shape index (κ1) is 32.2. The number of amidine groups is 1. The quantitative estimate of drug-likeness (QED) is 0.225. The number of nitrogens with zero attached hydrogens (tertiary/aromatic N) is 6. The molecule has 0 aliphatic carbocycles. The predicted molar refractivity (Wildman–Crippen MR) is 168 cm³/mol. The number of aryl methyl sites for hydroxylation is 1. The molecule has 0 bridgehead atoms. The molecule has 1 aromatic heterocycles. The summed E-state index contributed by atoms with van der Waals surface area (Å²) in [5.74, 6) is -0.504. The van der Waals surface area contributed by atoms with Crippen LogP contribution in [0.3, 0.4) is 0 Å². The number of amides is 3. The van der Waals surface area contributed by atoms with Gasteiger partial charge in [-0.05, 0) is 59.9 Å². The number of carbonyl (C=O) groups excluding carboxylic acids is 2. The van der Waals surface area contributed by atoms with Crippen LogP contribution >= 0.6 is 11.8 Å². The van der Waals surface area contributed by atoms with Gasteiger partial charge in [-0.25, -0.2) is 14.5 Å². The molecule has 5 rings (SSSR count). The zero-order valence-electron chi connectivity index (χ0n) is 24.9. The number of aromatic nitrogens is 3. The maximum atomic E-state index is 12.8. The van der Waals surface area contributed by atoms with E-state index >= 15 is 0 Å². The average Bonchev–Trinajstić information content (AvgIpc) is 3.64. The standard InChI is InChI=1S/C32H28F3N7O3S/c1-19(2)26-13-4-20(3)14-27(26)42-28(43)17-46-31(42)39-30(44)37-16-23(15-36)21-5-7-22(8-6-21)29-38-18-41(40-29)24-9-11-25(12-10-24)45-32(33,34)35/h4-14,18-19,23H,16-17H2,1-3H3,(H,37,44). The molecule has 2 heterocycles. The number of anilines is 1. The molecule has 1 saturated heterocycles. The highest BCUT2D eigenvalue weighted by Gasteiger charge is 2.33. The van der Waals surface area contributed by atoms with Crippen LogP contribution in [0, 0.1) is 18.3 Å². The Kier molecular flexibility index (Phi) is 9.43. The molecule has 1 unspecified atom stereocenters. The highest BCUT2D eigenvalue weighted by Crippen LogP contribution is 2.34. The van der Waals surface area contributed by atoms with Crippen molar-refractivity contribution in [1.82, 2.24) is 20.1 Å². The second kappa shape index (κ2) is 13.5. The molecule has 46 heavy (non-hydrogen) atoms. The Hall–Kier alpha value is -5.16. The van der Waals surface area contributed by atoms with Crippen LogP contribution in [0.2, 0.25) is 0 Å². The van der Waals surface area contributed by atoms with Gasteiger partial charge in [-0.1, -0.05) is 62.0 Å². The van der Waals surface area contributed by atoms with Gasteiger partial charge in [0.15, 0.2) is 11.0 Å². The van der Waals surface area contributed by atoms with Gasteiger partial charge < -0.3 is 10.1 Å². The van der Waals surface area contributed by atoms with E-state index in [4.69, 9.17) is 0 Å². The van der Waals surface area contributed by atoms with E-state index in [2.05, 4.69) is 31.2 Å². The number of aliphatic imine (C=N–C) groups is 1. The van der Waals surface area contributed by atoms with Crippen molar-refractivity contribution in [3.05, 3.63) is 89.7 Å². The number of nitriles is 1. The molecule has 1 aliphatic heterocycles. The molecule has 1 aliphatic rings. The Labute approximate surface area is 266 Å². The molecular weight excluding hydrogens is 619 g/mol. The van der Waals surface area contributed by atoms with E-state index in [9.17, 15) is 28.0 Å². The summed E-state index contributed by atoms with van der Waals surface area (Å²) < 4.78 is 42.6. The number of alkyl halides is 3. The molecule has 0 spiro atoms. The molecule has 14 heteroatoms. The summed E-state index contributed by atoms with van der Waals surface area (Å²) in [6.07, 6.45) is -3.35. The fraction of sp³-hybridized carbons (Fsp3) is 0.250. The minimum Gasteiger partial charge on any atom is -0.406 e. The lowest BCUT2D eigenvalue weighted by molar-refractivity contribution is -0.274. The van der Waals surface area contributed by atoms with E-state index in [1.807, 2.05) is 39.0 Å². The van der Waals surface area contributed by atoms with E-state index in [1.54, 1.807) is 24.3 Å². The van der Waals surface area contributed by atoms with Gasteiger partial charge in [-0.15, -0.1) is 18.3 Å². The number of carbonyl (C=O) groups is 2. The molecule has 10 nitrogen and oxygen atoms in total. The summed E-state index contributed by atoms with van der Waals surface area (Å²) in [7, 11) is 0. The van der Waals surface area contributed by atoms with Crippen LogP contribution < -0.4 is 15.0 Å². The Morgan fingerprint density at radius 3 is 2.50 bits per heavy atom. The normalized spacial score (nSPS) is 14.9. The number of urea groups is 1. The summed E-state index contributed by atoms with van der Waals surface area (Å²) in [5.41, 5.74) is 4.43. The van der Waals surface area contributed by atoms with Crippen molar-refractivity contribution in [2.45, 2.75) is 39.0 Å². The van der Waals surface area contributed by atoms with Crippen molar-refractivity contribution in [1.29, 1.82) is 5.26 Å². The second-order valence-corrected chi connectivity index (χ2v) is 11.6. The van der Waals surface area contributed by atoms with E-state index < -0.39 is 18.3 Å². The zero-order valence-corrected chi connectivity index (χ0v) is 25.8. The van der Waals surface area contributed by atoms with Gasteiger partial charge in [0.05, 0.1) is 29.1 Å². The number of ether oxygens (including phenoxy) is 1. The Morgan fingerprint density at radius 1 is 1.13 bits per heavy atom. The van der Waals surface area contributed by atoms with Crippen molar-refractivity contribution in [2.75, 3.05) is 17.2 Å². The number of thioether (sulfide) groups is 1. The van der Waals surface area contributed by atoms with Crippen LogP contribution in [-0.4, -0.2) is 50.5 Å². The first-order chi connectivity index (χ1) is 21.9. The van der Waals surface area contributed by atoms with Gasteiger partial charge in [-0.3, -0.25) is 9.69 Å². The lowest BCUT2D eigenvalue weighted by Crippen LogP contribution is -2.33. The van der Waals surface area contributed by atoms with E-state index in [-0.39, 0.29) is 35.0 Å². The maximum absolute atomic E-state index is 12.8. The predicted octanol–water partition coefficient (Wildman–Crippen LogP) is 6.72. The van der Waals surface area contributed by atoms with Crippen LogP contribution in [0.25, 0.3) is 17.1 Å². The summed E-state index contributed by atoms with van der Waals surface area (Å²) >= 11 is 1.19. The number of hydrogen-bond acceptors (Lipinski definition) is 7. The van der Waals surface area contributed by atoms with Crippen LogP contribution in [0.1, 0.15) is 42.4 Å². The monoisotopic (exact) mass is 647 g/mol. The van der Waals surface area contributed by atoms with Crippen LogP contribution in [0.5, 0.6) is 5.75 Å². The van der Waals surface area contributed by atoms with Crippen molar-refractivity contribution >= 4 is 34.6 Å². The summed E-state index contributed by atoms with van der Waals surface area (Å²) in [5, 5.41) is 17.2. The molecule has 3 amide bonds. The van der Waals surface area contributed by atoms with Crippen molar-refractivity contribution < 1.29 is 27.5 Å². The van der Waals surface area contributed by atoms with E-state index in [0.29, 0.717) is 28.3 Å². The van der Waals surface area contributed by atoms with Gasteiger partial charge in [0.25, 0.3) is 0 Å².